The predicted molar refractivity (Wildman–Crippen MR) is 51.1 cm³/mol. The molecule has 0 saturated heterocycles. The summed E-state index contributed by atoms with van der Waals surface area (Å²) in [7, 11) is 0. The molecule has 0 bridgehead atoms. The molecule has 0 heterocycles. The van der Waals surface area contributed by atoms with Gasteiger partial charge in [-0.05, 0) is 28.1 Å². The van der Waals surface area contributed by atoms with Crippen molar-refractivity contribution in [3.63, 3.8) is 0 Å². The molecule has 0 fully saturated rings. The van der Waals surface area contributed by atoms with Gasteiger partial charge in [-0.2, -0.15) is 0 Å². The fourth-order valence-electron chi connectivity index (χ4n) is 0.858. The van der Waals surface area contributed by atoms with Gasteiger partial charge in [0.15, 0.2) is 0 Å². The van der Waals surface area contributed by atoms with Crippen LogP contribution < -0.4 is 11.1 Å². The van der Waals surface area contributed by atoms with Crippen LogP contribution in [0.5, 0.6) is 0 Å². The summed E-state index contributed by atoms with van der Waals surface area (Å²) in [6, 6.07) is 2.93. The van der Waals surface area contributed by atoms with Gasteiger partial charge in [0, 0.05) is 0 Å². The van der Waals surface area contributed by atoms with Crippen LogP contribution in [0.15, 0.2) is 22.7 Å². The zero-order chi connectivity index (χ0) is 10.7. The lowest BCUT2D eigenvalue weighted by Crippen LogP contribution is -2.35. The van der Waals surface area contributed by atoms with Gasteiger partial charge in [0.25, 0.3) is 5.91 Å². The van der Waals surface area contributed by atoms with Crippen molar-refractivity contribution in [2.75, 3.05) is 0 Å². The number of halogens is 2. The highest BCUT2D eigenvalue weighted by Gasteiger charge is 2.13. The summed E-state index contributed by atoms with van der Waals surface area (Å²) in [6.45, 7) is 0. The Labute approximate surface area is 87.4 Å². The number of primary amides is 1. The van der Waals surface area contributed by atoms with Crippen LogP contribution in [0.3, 0.4) is 0 Å². The lowest BCUT2D eigenvalue weighted by molar-refractivity contribution is 0.0965. The average molecular weight is 261 g/mol. The molecule has 0 spiro atoms. The van der Waals surface area contributed by atoms with Crippen molar-refractivity contribution >= 4 is 27.9 Å². The minimum atomic E-state index is -0.980. The van der Waals surface area contributed by atoms with E-state index in [9.17, 15) is 14.0 Å². The zero-order valence-electron chi connectivity index (χ0n) is 6.88. The molecular formula is C8H6BrFN2O2. The number of benzene rings is 1. The molecule has 74 valence electrons. The van der Waals surface area contributed by atoms with Crippen LogP contribution in [0, 0.1) is 5.82 Å². The van der Waals surface area contributed by atoms with Crippen molar-refractivity contribution in [2.24, 2.45) is 5.73 Å². The molecule has 0 aromatic heterocycles. The molecule has 1 aromatic rings. The Morgan fingerprint density at radius 2 is 2.07 bits per heavy atom. The van der Waals surface area contributed by atoms with Gasteiger partial charge in [0.1, 0.15) is 5.82 Å². The quantitative estimate of drug-likeness (QED) is 0.801. The largest absolute Gasteiger partial charge is 0.351 e. The summed E-state index contributed by atoms with van der Waals surface area (Å²) in [5.41, 5.74) is 4.76. The fraction of sp³-hybridized carbons (Fsp3) is 0. The third kappa shape index (κ3) is 2.29. The number of carbonyl (C=O) groups is 2. The minimum Gasteiger partial charge on any atom is -0.351 e. The van der Waals surface area contributed by atoms with Crippen molar-refractivity contribution in [3.05, 3.63) is 34.1 Å². The van der Waals surface area contributed by atoms with Gasteiger partial charge >= 0.3 is 6.03 Å². The molecule has 0 aliphatic heterocycles. The molecule has 1 rings (SSSR count). The van der Waals surface area contributed by atoms with Crippen LogP contribution in [-0.2, 0) is 0 Å². The van der Waals surface area contributed by atoms with Crippen LogP contribution in [0.2, 0.25) is 0 Å². The molecule has 3 amide bonds. The molecule has 0 saturated carbocycles. The van der Waals surface area contributed by atoms with E-state index in [1.54, 1.807) is 0 Å². The van der Waals surface area contributed by atoms with E-state index in [2.05, 4.69) is 15.9 Å². The Morgan fingerprint density at radius 3 is 2.64 bits per heavy atom. The smallest absolute Gasteiger partial charge is 0.319 e. The number of nitrogens with one attached hydrogen (secondary N) is 1. The molecule has 3 N–H and O–H groups in total. The fourth-order valence-corrected chi connectivity index (χ4v) is 1.30. The van der Waals surface area contributed by atoms with Gasteiger partial charge in [-0.25, -0.2) is 9.18 Å². The van der Waals surface area contributed by atoms with E-state index < -0.39 is 17.8 Å². The van der Waals surface area contributed by atoms with Crippen LogP contribution in [0.1, 0.15) is 10.4 Å². The van der Waals surface area contributed by atoms with E-state index in [4.69, 9.17) is 5.73 Å². The Kier molecular flexibility index (Phi) is 3.19. The average Bonchev–Trinajstić information content (AvgIpc) is 2.08. The van der Waals surface area contributed by atoms with E-state index in [1.165, 1.54) is 18.2 Å². The van der Waals surface area contributed by atoms with Crippen molar-refractivity contribution in [1.82, 2.24) is 5.32 Å². The van der Waals surface area contributed by atoms with E-state index in [-0.39, 0.29) is 10.0 Å². The van der Waals surface area contributed by atoms with Crippen LogP contribution in [0.4, 0.5) is 9.18 Å². The van der Waals surface area contributed by atoms with Crippen molar-refractivity contribution in [2.45, 2.75) is 0 Å². The standard InChI is InChI=1S/C8H6BrFN2O2/c9-6-4(2-1-3-5(6)10)7(13)12-8(11)14/h1-3H,(H3,11,12,13,14). The molecular weight excluding hydrogens is 255 g/mol. The van der Waals surface area contributed by atoms with Gasteiger partial charge in [-0.3, -0.25) is 10.1 Å². The predicted octanol–water partition coefficient (Wildman–Crippen LogP) is 1.40. The number of urea groups is 1. The first kappa shape index (κ1) is 10.6. The first-order chi connectivity index (χ1) is 6.52. The van der Waals surface area contributed by atoms with Gasteiger partial charge in [0.2, 0.25) is 0 Å². The number of carbonyl (C=O) groups excluding carboxylic acids is 2. The molecule has 0 aliphatic carbocycles. The first-order valence-corrected chi connectivity index (χ1v) is 4.36. The van der Waals surface area contributed by atoms with Crippen molar-refractivity contribution < 1.29 is 14.0 Å². The maximum Gasteiger partial charge on any atom is 0.319 e. The summed E-state index contributed by atoms with van der Waals surface area (Å²) < 4.78 is 12.9. The Bertz CT molecular complexity index is 395. The molecule has 0 radical (unpaired) electrons. The van der Waals surface area contributed by atoms with Gasteiger partial charge < -0.3 is 5.73 Å². The minimum absolute atomic E-state index is 0.00116. The highest BCUT2D eigenvalue weighted by atomic mass is 79.9. The lowest BCUT2D eigenvalue weighted by atomic mass is 10.2. The molecule has 1 aromatic carbocycles. The third-order valence-corrected chi connectivity index (χ3v) is 2.24. The number of hydrogen-bond donors (Lipinski definition) is 2. The van der Waals surface area contributed by atoms with Gasteiger partial charge in [0.05, 0.1) is 10.0 Å². The van der Waals surface area contributed by atoms with E-state index >= 15 is 0 Å². The van der Waals surface area contributed by atoms with Gasteiger partial charge in [-0.1, -0.05) is 6.07 Å². The molecule has 6 heteroatoms. The normalized spacial score (nSPS) is 9.57. The number of nitrogens with two attached hydrogens (primary N) is 1. The molecule has 0 unspecified atom stereocenters. The van der Waals surface area contributed by atoms with Crippen LogP contribution >= 0.6 is 15.9 Å². The van der Waals surface area contributed by atoms with Crippen LogP contribution in [-0.4, -0.2) is 11.9 Å². The molecule has 4 nitrogen and oxygen atoms in total. The summed E-state index contributed by atoms with van der Waals surface area (Å²) in [5, 5.41) is 1.83. The van der Waals surface area contributed by atoms with E-state index in [1.807, 2.05) is 5.32 Å². The molecule has 0 atom stereocenters. The molecule has 0 aliphatic rings. The van der Waals surface area contributed by atoms with Crippen LogP contribution in [0.25, 0.3) is 0 Å². The highest BCUT2D eigenvalue weighted by Crippen LogP contribution is 2.19. The zero-order valence-corrected chi connectivity index (χ0v) is 8.47. The van der Waals surface area contributed by atoms with E-state index in [0.29, 0.717) is 0 Å². The number of hydrogen-bond acceptors (Lipinski definition) is 2. The Morgan fingerprint density at radius 1 is 1.43 bits per heavy atom. The number of rotatable bonds is 1. The van der Waals surface area contributed by atoms with Crippen molar-refractivity contribution in [1.29, 1.82) is 0 Å². The van der Waals surface area contributed by atoms with Crippen molar-refractivity contribution in [3.8, 4) is 0 Å². The maximum absolute atomic E-state index is 12.9. The Balaban J connectivity index is 3.01. The second-order valence-electron chi connectivity index (χ2n) is 2.42. The second-order valence-corrected chi connectivity index (χ2v) is 3.21. The monoisotopic (exact) mass is 260 g/mol. The second kappa shape index (κ2) is 4.19. The van der Waals surface area contributed by atoms with E-state index in [0.717, 1.165) is 0 Å². The van der Waals surface area contributed by atoms with Gasteiger partial charge in [-0.15, -0.1) is 0 Å². The Hall–Kier alpha value is -1.43. The summed E-state index contributed by atoms with van der Waals surface area (Å²) in [5.74, 6) is -1.33. The summed E-state index contributed by atoms with van der Waals surface area (Å²) >= 11 is 2.88. The lowest BCUT2D eigenvalue weighted by Gasteiger charge is -2.03. The third-order valence-electron chi connectivity index (χ3n) is 1.43. The highest BCUT2D eigenvalue weighted by molar-refractivity contribution is 9.10. The SMILES string of the molecule is NC(=O)NC(=O)c1cccc(F)c1Br. The topological polar surface area (TPSA) is 72.2 Å². The number of imide groups is 1. The molecule has 14 heavy (non-hydrogen) atoms. The summed E-state index contributed by atoms with van der Waals surface area (Å²) in [6.07, 6.45) is 0. The summed E-state index contributed by atoms with van der Waals surface area (Å²) in [4.78, 5) is 21.6. The number of amides is 3. The first-order valence-electron chi connectivity index (χ1n) is 3.57. The maximum atomic E-state index is 12.9.